The number of benzene rings is 1. The first-order valence-corrected chi connectivity index (χ1v) is 9.52. The van der Waals surface area contributed by atoms with E-state index in [1.807, 2.05) is 37.3 Å². The third-order valence-corrected chi connectivity index (χ3v) is 4.89. The Morgan fingerprint density at radius 1 is 1.18 bits per heavy atom. The fraction of sp³-hybridized carbons (Fsp3) is 0.381. The van der Waals surface area contributed by atoms with Crippen LogP contribution in [0, 0.1) is 5.92 Å². The predicted octanol–water partition coefficient (Wildman–Crippen LogP) is 2.09. The second-order valence-corrected chi connectivity index (χ2v) is 6.90. The van der Waals surface area contributed by atoms with E-state index in [0.29, 0.717) is 31.2 Å². The van der Waals surface area contributed by atoms with E-state index in [4.69, 9.17) is 4.74 Å². The van der Waals surface area contributed by atoms with Crippen molar-refractivity contribution in [1.82, 2.24) is 9.88 Å². The second kappa shape index (κ2) is 9.32. The van der Waals surface area contributed by atoms with Gasteiger partial charge < -0.3 is 19.9 Å². The van der Waals surface area contributed by atoms with Crippen LogP contribution in [0.15, 0.2) is 53.5 Å². The Balaban J connectivity index is 1.68. The number of anilines is 1. The summed E-state index contributed by atoms with van der Waals surface area (Å²) in [6.45, 7) is 3.71. The summed E-state index contributed by atoms with van der Waals surface area (Å²) in [6, 6.07) is 12.2. The third-order valence-electron chi connectivity index (χ3n) is 4.89. The first-order valence-electron chi connectivity index (χ1n) is 9.52. The van der Waals surface area contributed by atoms with Crippen LogP contribution in [0.2, 0.25) is 0 Å². The average Bonchev–Trinajstić information content (AvgIpc) is 3.22. The van der Waals surface area contributed by atoms with Crippen LogP contribution in [-0.2, 0) is 20.9 Å². The maximum Gasteiger partial charge on any atom is 0.313 e. The normalized spacial score (nSPS) is 17.1. The molecule has 1 aliphatic heterocycles. The zero-order chi connectivity index (χ0) is 19.9. The molecule has 7 heteroatoms. The lowest BCUT2D eigenvalue weighted by Gasteiger charge is -2.21. The van der Waals surface area contributed by atoms with E-state index < -0.39 is 11.8 Å². The van der Waals surface area contributed by atoms with Gasteiger partial charge in [-0.05, 0) is 37.3 Å². The number of aromatic nitrogens is 1. The number of amides is 2. The third kappa shape index (κ3) is 5.07. The molecule has 0 radical (unpaired) electrons. The van der Waals surface area contributed by atoms with E-state index in [1.54, 1.807) is 0 Å². The van der Waals surface area contributed by atoms with E-state index in [9.17, 15) is 14.4 Å². The van der Waals surface area contributed by atoms with Crippen LogP contribution >= 0.6 is 0 Å². The van der Waals surface area contributed by atoms with Gasteiger partial charge in [-0.2, -0.15) is 0 Å². The average molecular weight is 383 g/mol. The van der Waals surface area contributed by atoms with E-state index in [-0.39, 0.29) is 11.6 Å². The van der Waals surface area contributed by atoms with Crippen molar-refractivity contribution < 1.29 is 14.3 Å². The summed E-state index contributed by atoms with van der Waals surface area (Å²) in [4.78, 5) is 36.5. The molecule has 1 aliphatic rings. The van der Waals surface area contributed by atoms with Crippen LogP contribution in [0.3, 0.4) is 0 Å². The molecule has 2 amide bonds. The number of hydrogen-bond acceptors (Lipinski definition) is 4. The lowest BCUT2D eigenvalue weighted by atomic mass is 9.94. The highest BCUT2D eigenvalue weighted by Crippen LogP contribution is 2.26. The molecule has 148 valence electrons. The smallest absolute Gasteiger partial charge is 0.313 e. The number of carbonyl (C=O) groups excluding carboxylic acids is 2. The topological polar surface area (TPSA) is 89.4 Å². The fourth-order valence-electron chi connectivity index (χ4n) is 3.33. The summed E-state index contributed by atoms with van der Waals surface area (Å²) in [5.41, 5.74) is 1.20. The van der Waals surface area contributed by atoms with Gasteiger partial charge in [-0.15, -0.1) is 0 Å². The van der Waals surface area contributed by atoms with Crippen LogP contribution in [0.4, 0.5) is 5.69 Å². The molecule has 0 saturated carbocycles. The summed E-state index contributed by atoms with van der Waals surface area (Å²) in [6.07, 6.45) is 3.19. The highest BCUT2D eigenvalue weighted by atomic mass is 16.5. The number of carbonyl (C=O) groups is 2. The fourth-order valence-corrected chi connectivity index (χ4v) is 3.33. The van der Waals surface area contributed by atoms with Gasteiger partial charge in [0.15, 0.2) is 0 Å². The van der Waals surface area contributed by atoms with Crippen molar-refractivity contribution in [3.63, 3.8) is 0 Å². The molecule has 28 heavy (non-hydrogen) atoms. The molecule has 0 aliphatic carbocycles. The number of nitrogens with one attached hydrogen (secondary N) is 2. The number of pyridine rings is 1. The Morgan fingerprint density at radius 2 is 1.96 bits per heavy atom. The van der Waals surface area contributed by atoms with Gasteiger partial charge in [0.2, 0.25) is 0 Å². The van der Waals surface area contributed by atoms with E-state index >= 15 is 0 Å². The number of aryl methyl sites for hydroxylation is 1. The molecule has 1 aromatic carbocycles. The van der Waals surface area contributed by atoms with Crippen LogP contribution in [0.25, 0.3) is 0 Å². The molecular formula is C21H25N3O4. The van der Waals surface area contributed by atoms with Gasteiger partial charge in [0.05, 0.1) is 11.7 Å². The quantitative estimate of drug-likeness (QED) is 0.748. The Kier molecular flexibility index (Phi) is 6.60. The summed E-state index contributed by atoms with van der Waals surface area (Å²) < 4.78 is 6.90. The van der Waals surface area contributed by atoms with E-state index in [0.717, 1.165) is 18.6 Å². The Bertz CT molecular complexity index is 873. The molecule has 2 aromatic rings. The number of ether oxygens (including phenoxy) is 1. The summed E-state index contributed by atoms with van der Waals surface area (Å²) >= 11 is 0. The van der Waals surface area contributed by atoms with Crippen molar-refractivity contribution in [3.8, 4) is 0 Å². The zero-order valence-corrected chi connectivity index (χ0v) is 15.9. The molecule has 1 saturated heterocycles. The molecule has 2 heterocycles. The van der Waals surface area contributed by atoms with Crippen molar-refractivity contribution in [2.24, 2.45) is 5.92 Å². The molecule has 1 aromatic heterocycles. The van der Waals surface area contributed by atoms with Gasteiger partial charge in [-0.3, -0.25) is 14.4 Å². The first-order chi connectivity index (χ1) is 13.6. The lowest BCUT2D eigenvalue weighted by molar-refractivity contribution is -0.136. The molecule has 3 rings (SSSR count). The standard InChI is InChI=1S/C21H25N3O4/c1-2-24-13-17(8-9-19(24)25)22-20(26)21(27)23-18(12-15-10-11-28-14-15)16-6-4-3-5-7-16/h3-9,13,15,18H,2,10-12,14H2,1H3,(H,22,26)(H,23,27). The van der Waals surface area contributed by atoms with Gasteiger partial charge in [-0.25, -0.2) is 0 Å². The second-order valence-electron chi connectivity index (χ2n) is 6.90. The maximum atomic E-state index is 12.5. The van der Waals surface area contributed by atoms with Crippen molar-refractivity contribution in [2.45, 2.75) is 32.4 Å². The first kappa shape index (κ1) is 19.8. The largest absolute Gasteiger partial charge is 0.381 e. The zero-order valence-electron chi connectivity index (χ0n) is 15.9. The Labute approximate surface area is 163 Å². The minimum Gasteiger partial charge on any atom is -0.381 e. The van der Waals surface area contributed by atoms with Gasteiger partial charge in [0, 0.05) is 32.0 Å². The highest BCUT2D eigenvalue weighted by Gasteiger charge is 2.25. The minimum atomic E-state index is -0.759. The molecule has 2 N–H and O–H groups in total. The monoisotopic (exact) mass is 383 g/mol. The van der Waals surface area contributed by atoms with Gasteiger partial charge in [-0.1, -0.05) is 30.3 Å². The van der Waals surface area contributed by atoms with Gasteiger partial charge >= 0.3 is 11.8 Å². The summed E-state index contributed by atoms with van der Waals surface area (Å²) in [7, 11) is 0. The number of rotatable bonds is 6. The van der Waals surface area contributed by atoms with Crippen molar-refractivity contribution in [2.75, 3.05) is 18.5 Å². The molecule has 1 fully saturated rings. The molecule has 2 atom stereocenters. The number of nitrogens with zero attached hydrogens (tertiary/aromatic N) is 1. The molecule has 2 unspecified atom stereocenters. The van der Waals surface area contributed by atoms with Crippen LogP contribution in [0.5, 0.6) is 0 Å². The Morgan fingerprint density at radius 3 is 2.64 bits per heavy atom. The molecular weight excluding hydrogens is 358 g/mol. The number of hydrogen-bond donors (Lipinski definition) is 2. The van der Waals surface area contributed by atoms with Crippen molar-refractivity contribution >= 4 is 17.5 Å². The van der Waals surface area contributed by atoms with Crippen LogP contribution in [-0.4, -0.2) is 29.6 Å². The Hall–Kier alpha value is -2.93. The summed E-state index contributed by atoms with van der Waals surface area (Å²) in [5.74, 6) is -1.12. The highest BCUT2D eigenvalue weighted by molar-refractivity contribution is 6.39. The van der Waals surface area contributed by atoms with Crippen LogP contribution in [0.1, 0.15) is 31.4 Å². The van der Waals surface area contributed by atoms with Crippen molar-refractivity contribution in [3.05, 3.63) is 64.6 Å². The lowest BCUT2D eigenvalue weighted by Crippen LogP contribution is -2.38. The van der Waals surface area contributed by atoms with Crippen LogP contribution < -0.4 is 16.2 Å². The minimum absolute atomic E-state index is 0.159. The van der Waals surface area contributed by atoms with Gasteiger partial charge in [0.25, 0.3) is 5.56 Å². The van der Waals surface area contributed by atoms with Gasteiger partial charge in [0.1, 0.15) is 0 Å². The molecule has 0 spiro atoms. The molecule has 7 nitrogen and oxygen atoms in total. The molecule has 0 bridgehead atoms. The van der Waals surface area contributed by atoms with Crippen molar-refractivity contribution in [1.29, 1.82) is 0 Å². The van der Waals surface area contributed by atoms with E-state index in [2.05, 4.69) is 10.6 Å². The predicted molar refractivity (Wildman–Crippen MR) is 106 cm³/mol. The van der Waals surface area contributed by atoms with E-state index in [1.165, 1.54) is 22.9 Å². The summed E-state index contributed by atoms with van der Waals surface area (Å²) in [5, 5.41) is 5.40. The maximum absolute atomic E-state index is 12.5. The SMILES string of the molecule is CCn1cc(NC(=O)C(=O)NC(CC2CCOC2)c2ccccc2)ccc1=O.